The topological polar surface area (TPSA) is 51.0 Å². The van der Waals surface area contributed by atoms with Crippen molar-refractivity contribution < 1.29 is 4.79 Å². The van der Waals surface area contributed by atoms with Gasteiger partial charge in [0.05, 0.1) is 4.88 Å². The van der Waals surface area contributed by atoms with Gasteiger partial charge in [0.15, 0.2) is 0 Å². The number of aryl methyl sites for hydroxylation is 3. The monoisotopic (exact) mass is 332 g/mol. The van der Waals surface area contributed by atoms with Gasteiger partial charge < -0.3 is 9.47 Å². The number of carbonyl (C=O) groups excluding carboxylic acids is 1. The van der Waals surface area contributed by atoms with Crippen molar-refractivity contribution in [3.05, 3.63) is 33.5 Å². The second-order valence-electron chi connectivity index (χ2n) is 6.33. The number of thiophene rings is 1. The number of hydrogen-bond acceptors (Lipinski definition) is 4. The molecular formula is C17H24N4OS. The van der Waals surface area contributed by atoms with Gasteiger partial charge in [0.2, 0.25) is 0 Å². The number of amides is 1. The summed E-state index contributed by atoms with van der Waals surface area (Å²) in [5.41, 5.74) is 1.32. The Hall–Kier alpha value is -1.69. The van der Waals surface area contributed by atoms with Crippen LogP contribution in [0.5, 0.6) is 0 Å². The molecule has 0 aromatic carbocycles. The maximum atomic E-state index is 12.9. The summed E-state index contributed by atoms with van der Waals surface area (Å²) in [6.45, 7) is 5.87. The van der Waals surface area contributed by atoms with Gasteiger partial charge >= 0.3 is 0 Å². The minimum Gasteiger partial charge on any atom is -0.337 e. The van der Waals surface area contributed by atoms with Gasteiger partial charge in [-0.15, -0.1) is 21.5 Å². The van der Waals surface area contributed by atoms with Crippen LogP contribution in [0.3, 0.4) is 0 Å². The Bertz CT molecular complexity index is 691. The Kier molecular flexibility index (Phi) is 4.80. The molecule has 124 valence electrons. The summed E-state index contributed by atoms with van der Waals surface area (Å²) in [4.78, 5) is 17.0. The van der Waals surface area contributed by atoms with Crippen molar-refractivity contribution in [2.24, 2.45) is 7.05 Å². The molecule has 23 heavy (non-hydrogen) atoms. The molecule has 0 saturated carbocycles. The highest BCUT2D eigenvalue weighted by Crippen LogP contribution is 2.29. The first kappa shape index (κ1) is 16.2. The van der Waals surface area contributed by atoms with E-state index in [1.54, 1.807) is 17.7 Å². The molecule has 1 atom stereocenters. The van der Waals surface area contributed by atoms with Crippen LogP contribution in [0.25, 0.3) is 0 Å². The van der Waals surface area contributed by atoms with Crippen LogP contribution in [0.1, 0.15) is 58.0 Å². The number of rotatable bonds is 4. The molecule has 1 unspecified atom stereocenters. The van der Waals surface area contributed by atoms with Gasteiger partial charge in [0, 0.05) is 30.9 Å². The van der Waals surface area contributed by atoms with Gasteiger partial charge in [-0.1, -0.05) is 13.3 Å². The van der Waals surface area contributed by atoms with E-state index in [1.807, 2.05) is 16.5 Å². The molecule has 0 N–H and O–H groups in total. The zero-order valence-corrected chi connectivity index (χ0v) is 14.9. The highest BCUT2D eigenvalue weighted by Gasteiger charge is 2.28. The van der Waals surface area contributed by atoms with Crippen molar-refractivity contribution >= 4 is 17.2 Å². The van der Waals surface area contributed by atoms with Crippen molar-refractivity contribution in [3.63, 3.8) is 0 Å². The summed E-state index contributed by atoms with van der Waals surface area (Å²) in [5, 5.41) is 8.20. The highest BCUT2D eigenvalue weighted by molar-refractivity contribution is 7.14. The smallest absolute Gasteiger partial charge is 0.263 e. The summed E-state index contributed by atoms with van der Waals surface area (Å²) in [5.74, 6) is 1.44. The molecule has 0 radical (unpaired) electrons. The van der Waals surface area contributed by atoms with Crippen LogP contribution in [-0.2, 0) is 13.5 Å². The Balaban J connectivity index is 1.74. The van der Waals surface area contributed by atoms with E-state index in [1.165, 1.54) is 10.4 Å². The molecule has 1 saturated heterocycles. The van der Waals surface area contributed by atoms with E-state index < -0.39 is 0 Å². The minimum atomic E-state index is 0.173. The van der Waals surface area contributed by atoms with Gasteiger partial charge in [-0.3, -0.25) is 4.79 Å². The largest absolute Gasteiger partial charge is 0.337 e. The fraction of sp³-hybridized carbons (Fsp3) is 0.588. The third-order valence-electron chi connectivity index (χ3n) is 4.57. The van der Waals surface area contributed by atoms with Gasteiger partial charge in [0.1, 0.15) is 12.2 Å². The maximum absolute atomic E-state index is 12.9. The first-order valence-electron chi connectivity index (χ1n) is 8.32. The second kappa shape index (κ2) is 6.83. The summed E-state index contributed by atoms with van der Waals surface area (Å²) < 4.78 is 1.97. The highest BCUT2D eigenvalue weighted by atomic mass is 32.1. The van der Waals surface area contributed by atoms with Crippen LogP contribution in [0.2, 0.25) is 0 Å². The molecule has 3 heterocycles. The van der Waals surface area contributed by atoms with E-state index in [-0.39, 0.29) is 11.8 Å². The van der Waals surface area contributed by atoms with Crippen LogP contribution >= 0.6 is 11.3 Å². The van der Waals surface area contributed by atoms with E-state index in [0.29, 0.717) is 0 Å². The molecule has 1 aliphatic heterocycles. The molecule has 0 aliphatic carbocycles. The van der Waals surface area contributed by atoms with Crippen LogP contribution in [0.4, 0.5) is 0 Å². The van der Waals surface area contributed by atoms with Crippen LogP contribution in [0, 0.1) is 6.92 Å². The molecule has 0 bridgehead atoms. The van der Waals surface area contributed by atoms with Crippen molar-refractivity contribution in [1.82, 2.24) is 19.7 Å². The van der Waals surface area contributed by atoms with Crippen LogP contribution in [-0.4, -0.2) is 38.7 Å². The molecule has 1 aliphatic rings. The third kappa shape index (κ3) is 3.32. The second-order valence-corrected chi connectivity index (χ2v) is 7.59. The average molecular weight is 332 g/mol. The lowest BCUT2D eigenvalue weighted by Gasteiger charge is -2.31. The van der Waals surface area contributed by atoms with E-state index in [0.717, 1.165) is 49.5 Å². The van der Waals surface area contributed by atoms with E-state index >= 15 is 0 Å². The first-order chi connectivity index (χ1) is 11.1. The van der Waals surface area contributed by atoms with Crippen molar-refractivity contribution in [2.45, 2.75) is 45.4 Å². The number of piperidine rings is 1. The first-order valence-corrected chi connectivity index (χ1v) is 9.14. The number of aromatic nitrogens is 3. The Morgan fingerprint density at radius 2 is 2.30 bits per heavy atom. The fourth-order valence-electron chi connectivity index (χ4n) is 3.33. The molecular weight excluding hydrogens is 308 g/mol. The fourth-order valence-corrected chi connectivity index (χ4v) is 4.37. The van der Waals surface area contributed by atoms with Crippen LogP contribution in [0.15, 0.2) is 12.4 Å². The van der Waals surface area contributed by atoms with Gasteiger partial charge in [-0.25, -0.2) is 0 Å². The standard InChI is InChI=1S/C17H24N4OS/c1-4-6-13-9-15(23-12(13)2)17(22)21-8-5-7-14(10-21)16-19-18-11-20(16)3/h9,11,14H,4-8,10H2,1-3H3. The van der Waals surface area contributed by atoms with Gasteiger partial charge in [-0.05, 0) is 37.8 Å². The summed E-state index contributed by atoms with van der Waals surface area (Å²) >= 11 is 1.63. The SMILES string of the molecule is CCCc1cc(C(=O)N2CCCC(c3nncn3C)C2)sc1C. The Morgan fingerprint density at radius 1 is 1.48 bits per heavy atom. The summed E-state index contributed by atoms with van der Waals surface area (Å²) in [6.07, 6.45) is 5.99. The van der Waals surface area contributed by atoms with Crippen molar-refractivity contribution in [2.75, 3.05) is 13.1 Å². The molecule has 3 rings (SSSR count). The number of hydrogen-bond donors (Lipinski definition) is 0. The maximum Gasteiger partial charge on any atom is 0.263 e. The lowest BCUT2D eigenvalue weighted by molar-refractivity contribution is 0.0708. The van der Waals surface area contributed by atoms with Crippen molar-refractivity contribution in [1.29, 1.82) is 0 Å². The zero-order chi connectivity index (χ0) is 16.4. The van der Waals surface area contributed by atoms with Crippen LogP contribution < -0.4 is 0 Å². The molecule has 6 heteroatoms. The Morgan fingerprint density at radius 3 is 3.00 bits per heavy atom. The normalized spacial score (nSPS) is 18.4. The molecule has 2 aromatic rings. The summed E-state index contributed by atoms with van der Waals surface area (Å²) in [6, 6.07) is 2.10. The zero-order valence-electron chi connectivity index (χ0n) is 14.1. The lowest BCUT2D eigenvalue weighted by Crippen LogP contribution is -2.39. The van der Waals surface area contributed by atoms with Gasteiger partial charge in [-0.2, -0.15) is 0 Å². The van der Waals surface area contributed by atoms with E-state index in [9.17, 15) is 4.79 Å². The van der Waals surface area contributed by atoms with Gasteiger partial charge in [0.25, 0.3) is 5.91 Å². The Labute approximate surface area is 141 Å². The molecule has 1 fully saturated rings. The van der Waals surface area contributed by atoms with E-state index in [4.69, 9.17) is 0 Å². The van der Waals surface area contributed by atoms with Crippen molar-refractivity contribution in [3.8, 4) is 0 Å². The minimum absolute atomic E-state index is 0.173. The molecule has 2 aromatic heterocycles. The third-order valence-corrected chi connectivity index (χ3v) is 5.65. The number of nitrogens with zero attached hydrogens (tertiary/aromatic N) is 4. The molecule has 5 nitrogen and oxygen atoms in total. The summed E-state index contributed by atoms with van der Waals surface area (Å²) in [7, 11) is 1.97. The number of carbonyl (C=O) groups is 1. The lowest BCUT2D eigenvalue weighted by atomic mass is 9.97. The predicted molar refractivity (Wildman–Crippen MR) is 91.9 cm³/mol. The average Bonchev–Trinajstić information content (AvgIpc) is 3.14. The molecule has 1 amide bonds. The quantitative estimate of drug-likeness (QED) is 0.864. The molecule has 0 spiro atoms. The number of likely N-dealkylation sites (tertiary alicyclic amines) is 1. The predicted octanol–water partition coefficient (Wildman–Crippen LogP) is 3.16. The van der Waals surface area contributed by atoms with E-state index in [2.05, 4.69) is 30.1 Å².